The molecule has 2 heterocycles. The molecular weight excluding hydrogens is 1460 g/mol. The second-order valence-electron chi connectivity index (χ2n) is 30.9. The first-order chi connectivity index (χ1) is 53.6. The highest BCUT2D eigenvalue weighted by molar-refractivity contribution is 6.41. The summed E-state index contributed by atoms with van der Waals surface area (Å²) in [5.41, 5.74) is -1.17. The molecule has 2 aliphatic heterocycles. The largest absolute Gasteiger partial charge is 0.493 e. The van der Waals surface area contributed by atoms with Gasteiger partial charge in [0.05, 0.1) is 56.3 Å². The molecule has 3 aliphatic carbocycles. The number of aliphatic hydroxyl groups excluding tert-OH is 1. The van der Waals surface area contributed by atoms with Gasteiger partial charge in [0.1, 0.15) is 42.1 Å². The molecule has 7 N–H and O–H groups in total. The number of likely N-dealkylation sites (tertiary alicyclic amines) is 1. The fourth-order valence-corrected chi connectivity index (χ4v) is 16.2. The molecule has 14 atom stereocenters. The van der Waals surface area contributed by atoms with Crippen molar-refractivity contribution in [1.29, 1.82) is 0 Å². The lowest BCUT2D eigenvalue weighted by Gasteiger charge is -2.67. The average molecular weight is 1560 g/mol. The Morgan fingerprint density at radius 3 is 2.04 bits per heavy atom. The van der Waals surface area contributed by atoms with Crippen LogP contribution in [-0.4, -0.2) is 180 Å². The lowest BCUT2D eigenvalue weighted by Crippen LogP contribution is -2.82. The summed E-state index contributed by atoms with van der Waals surface area (Å²) in [5.74, 6) is -10.3. The van der Waals surface area contributed by atoms with Crippen molar-refractivity contribution in [2.24, 2.45) is 27.9 Å². The third-order valence-electron chi connectivity index (χ3n) is 23.1. The molecule has 2 bridgehead atoms. The van der Waals surface area contributed by atoms with Gasteiger partial charge in [-0.25, -0.2) is 14.4 Å². The van der Waals surface area contributed by atoms with Crippen molar-refractivity contribution >= 4 is 76.7 Å². The van der Waals surface area contributed by atoms with Crippen molar-refractivity contribution in [1.82, 2.24) is 15.5 Å². The number of amides is 4. The summed E-state index contributed by atoms with van der Waals surface area (Å²) in [6.07, 6.45) is -12.2. The van der Waals surface area contributed by atoms with E-state index in [-0.39, 0.29) is 72.3 Å². The Morgan fingerprint density at radius 1 is 0.752 bits per heavy atom. The number of hydrogen-bond acceptors (Lipinski definition) is 24. The van der Waals surface area contributed by atoms with Crippen molar-refractivity contribution in [3.05, 3.63) is 172 Å². The zero-order valence-electron chi connectivity index (χ0n) is 65.4. The number of anilines is 1. The first kappa shape index (κ1) is 84.8. The van der Waals surface area contributed by atoms with Crippen LogP contribution >= 0.6 is 0 Å². The third-order valence-corrected chi connectivity index (χ3v) is 23.1. The predicted molar refractivity (Wildman–Crippen MR) is 407 cm³/mol. The molecule has 4 fully saturated rings. The van der Waals surface area contributed by atoms with E-state index in [1.807, 2.05) is 13.0 Å². The number of benzene rings is 5. The van der Waals surface area contributed by atoms with Crippen LogP contribution in [0.15, 0.2) is 145 Å². The summed E-state index contributed by atoms with van der Waals surface area (Å²) in [7, 11) is 3.03. The van der Waals surface area contributed by atoms with Gasteiger partial charge >= 0.3 is 35.9 Å². The van der Waals surface area contributed by atoms with Crippen molar-refractivity contribution < 1.29 is 110 Å². The van der Waals surface area contributed by atoms with Gasteiger partial charge in [-0.1, -0.05) is 120 Å². The minimum atomic E-state index is -2.58. The number of carbonyl (C=O) groups excluding carboxylic acids is 12. The number of nitrogens with zero attached hydrogens (tertiary/aromatic N) is 1. The van der Waals surface area contributed by atoms with E-state index in [0.717, 1.165) is 19.4 Å². The molecule has 0 aromatic heterocycles. The number of hydrogen-bond donors (Lipinski definition) is 6. The summed E-state index contributed by atoms with van der Waals surface area (Å²) in [6.45, 7) is 12.8. The van der Waals surface area contributed by atoms with E-state index in [2.05, 4.69) is 16.0 Å². The predicted octanol–water partition coefficient (Wildman–Crippen LogP) is 8.80. The fraction of sp³-hybridized carbons (Fsp3) is 0.482. The number of Topliss-reactive ketones (excluding diaryl/α,β-unsaturated/α-hetero) is 3. The number of aryl methyl sites for hydroxylation is 1. The number of carbonyl (C=O) groups is 12. The number of esters is 5. The molecule has 5 aromatic rings. The number of aliphatic hydroxyl groups is 2. The number of piperidine rings is 1. The third kappa shape index (κ3) is 18.0. The number of ether oxygens (including phenoxy) is 9. The lowest BCUT2D eigenvalue weighted by molar-refractivity contribution is -0.346. The van der Waals surface area contributed by atoms with Gasteiger partial charge < -0.3 is 74.5 Å². The molecule has 4 amide bonds. The number of nitrogens with one attached hydrogen (secondary N) is 3. The Morgan fingerprint density at radius 2 is 1.41 bits per heavy atom. The van der Waals surface area contributed by atoms with E-state index in [1.54, 1.807) is 117 Å². The van der Waals surface area contributed by atoms with Gasteiger partial charge in [-0.3, -0.25) is 48.1 Å². The van der Waals surface area contributed by atoms with Crippen LogP contribution in [0.25, 0.3) is 0 Å². The molecule has 28 nitrogen and oxygen atoms in total. The molecule has 5 aromatic carbocycles. The van der Waals surface area contributed by atoms with Crippen molar-refractivity contribution in [3.8, 4) is 11.5 Å². The smallest absolute Gasteiger partial charge is 0.411 e. The maximum atomic E-state index is 16.0. The van der Waals surface area contributed by atoms with E-state index in [4.69, 9.17) is 48.4 Å². The summed E-state index contributed by atoms with van der Waals surface area (Å²) >= 11 is 0. The van der Waals surface area contributed by atoms with Crippen LogP contribution in [0.4, 0.5) is 10.5 Å². The Kier molecular flexibility index (Phi) is 26.7. The van der Waals surface area contributed by atoms with Gasteiger partial charge in [0.25, 0.3) is 5.91 Å². The van der Waals surface area contributed by atoms with Gasteiger partial charge in [-0.15, -0.1) is 0 Å². The summed E-state index contributed by atoms with van der Waals surface area (Å²) < 4.78 is 54.5. The SMILES string of the molecule is CCC(C)(C)C(=O)C(=O)C1CCCCN1C(=O)O[C@@H](CCc1ccc(OC)c(OC)c1)c1cccc(NC(=O)[C@@H](N)CCNC(=O)CCC(=O)O[C@@H](C(=O)O[C@H]2C[C@@]3(O)[C@@H](OC(=O)c4ccccc4)[C@@H]4[C@]5(OC(C)=O)CO[C@@H]5C[C@H](O)[C@@]4(C)C(=O)[C@H](OC(C)=O)C(=C2C)C3(C)C)[C@@H](NC(=O)c2ccccc2)c2ccccc2)c1. The number of nitrogens with two attached hydrogens (primary N) is 1. The molecule has 0 radical (unpaired) electrons. The quantitative estimate of drug-likeness (QED) is 0.0108. The normalized spacial score (nSPS) is 24.6. The molecule has 10 rings (SSSR count). The monoisotopic (exact) mass is 1560 g/mol. The standard InChI is InChI=1S/C85H101N5O23/c1-12-81(5,6)73(97)69(96)58-33-22-23-42-90(58)80(103)110-59(36-34-51-35-37-60(105-10)61(43-51)106-11)55-31-24-32-56(44-55)88-77(100)57(86)40-41-87-65(94)38-39-66(95)111-71(68(52-25-16-13-17-26-52)89-76(99)53-27-18-14-19-28-53)79(102)109-62-46-85(104)75(112-78(101)54-29-20-15-21-30-54)72-83(9,63(93)45-64-84(72,47-107-64)113-50(4)92)74(98)70(108-49(3)91)67(48(62)2)82(85,7)8/h13-21,24-32,35,37,43-44,57-59,62-64,68,70-72,75,93,104H,12,22-23,33-34,36,38-42,45-47,86H2,1-11H3,(H,87,94)(H,88,100)(H,89,99)/t57-,58?,59-,62-,63-,64+,68-,70+,71+,72-,75-,83+,84-,85+/m0/s1. The second-order valence-corrected chi connectivity index (χ2v) is 30.9. The molecule has 113 heavy (non-hydrogen) atoms. The van der Waals surface area contributed by atoms with Crippen molar-refractivity contribution in [2.75, 3.05) is 39.2 Å². The molecule has 0 spiro atoms. The molecule has 2 saturated carbocycles. The van der Waals surface area contributed by atoms with Crippen LogP contribution in [0.5, 0.6) is 11.5 Å². The van der Waals surface area contributed by atoms with Crippen LogP contribution in [0.1, 0.15) is 176 Å². The Hall–Kier alpha value is -10.7. The van der Waals surface area contributed by atoms with Gasteiger partial charge in [0, 0.05) is 68.3 Å². The molecule has 28 heteroatoms. The number of rotatable bonds is 30. The minimum Gasteiger partial charge on any atom is -0.493 e. The van der Waals surface area contributed by atoms with Crippen LogP contribution in [0, 0.1) is 22.2 Å². The number of fused-ring (bicyclic) bond motifs is 5. The van der Waals surface area contributed by atoms with Crippen LogP contribution < -0.4 is 31.2 Å². The Bertz CT molecular complexity index is 4440. The maximum Gasteiger partial charge on any atom is 0.411 e. The lowest BCUT2D eigenvalue weighted by atomic mass is 9.44. The van der Waals surface area contributed by atoms with Crippen LogP contribution in [0.2, 0.25) is 0 Å². The zero-order valence-corrected chi connectivity index (χ0v) is 65.4. The van der Waals surface area contributed by atoms with E-state index in [0.29, 0.717) is 42.7 Å². The van der Waals surface area contributed by atoms with Gasteiger partial charge in [-0.05, 0) is 135 Å². The zero-order chi connectivity index (χ0) is 82.1. The second kappa shape index (κ2) is 35.6. The topological polar surface area (TPSA) is 394 Å². The summed E-state index contributed by atoms with van der Waals surface area (Å²) in [6, 6.07) is 31.6. The van der Waals surface area contributed by atoms with E-state index < -0.39 is 191 Å². The molecule has 604 valence electrons. The fourth-order valence-electron chi connectivity index (χ4n) is 16.2. The first-order valence-corrected chi connectivity index (χ1v) is 38.1. The number of methoxy groups -OCH3 is 2. The number of ketones is 3. The van der Waals surface area contributed by atoms with E-state index >= 15 is 9.59 Å². The molecule has 1 unspecified atom stereocenters. The van der Waals surface area contributed by atoms with E-state index in [9.17, 15) is 58.2 Å². The van der Waals surface area contributed by atoms with Crippen molar-refractivity contribution in [3.63, 3.8) is 0 Å². The van der Waals surface area contributed by atoms with Crippen LogP contribution in [-0.2, 0) is 82.7 Å². The molecular formula is C85H101N5O23. The molecule has 2 saturated heterocycles. The highest BCUT2D eigenvalue weighted by Crippen LogP contribution is 2.65. The van der Waals surface area contributed by atoms with Gasteiger partial charge in [-0.2, -0.15) is 0 Å². The first-order valence-electron chi connectivity index (χ1n) is 38.1. The van der Waals surface area contributed by atoms with Gasteiger partial charge in [0.2, 0.25) is 29.5 Å². The van der Waals surface area contributed by atoms with Crippen LogP contribution in [0.3, 0.4) is 0 Å². The van der Waals surface area contributed by atoms with Gasteiger partial charge in [0.15, 0.2) is 29.0 Å². The summed E-state index contributed by atoms with van der Waals surface area (Å²) in [5, 5.41) is 34.8. The Balaban J connectivity index is 0.879. The van der Waals surface area contributed by atoms with E-state index in [1.165, 1.54) is 71.1 Å². The van der Waals surface area contributed by atoms with Crippen molar-refractivity contribution in [2.45, 2.75) is 205 Å². The highest BCUT2D eigenvalue weighted by Gasteiger charge is 2.78. The molecule has 5 aliphatic rings. The minimum absolute atomic E-state index is 0.00878. The highest BCUT2D eigenvalue weighted by atomic mass is 16.6. The maximum absolute atomic E-state index is 16.0. The Labute approximate surface area is 655 Å². The average Bonchev–Trinajstić information content (AvgIpc) is 0.668. The summed E-state index contributed by atoms with van der Waals surface area (Å²) in [4.78, 5) is 172.